The Morgan fingerprint density at radius 1 is 1.32 bits per heavy atom. The number of alkyl carbamates (subject to hydrolysis) is 1. The van der Waals surface area contributed by atoms with E-state index in [1.165, 1.54) is 12.1 Å². The van der Waals surface area contributed by atoms with Crippen LogP contribution in [0.5, 0.6) is 0 Å². The molecule has 8 heteroatoms. The number of furan rings is 1. The van der Waals surface area contributed by atoms with Crippen molar-refractivity contribution in [1.82, 2.24) is 5.32 Å². The molecular formula is C14H21NO7. The van der Waals surface area contributed by atoms with Crippen molar-refractivity contribution >= 4 is 12.1 Å². The maximum atomic E-state index is 11.4. The van der Waals surface area contributed by atoms with Crippen LogP contribution in [0, 0.1) is 0 Å². The van der Waals surface area contributed by atoms with Crippen molar-refractivity contribution in [2.24, 2.45) is 0 Å². The van der Waals surface area contributed by atoms with Gasteiger partial charge in [-0.25, -0.2) is 9.59 Å². The summed E-state index contributed by atoms with van der Waals surface area (Å²) in [5.41, 5.74) is -0.621. The fraction of sp³-hybridized carbons (Fsp3) is 0.571. The molecule has 22 heavy (non-hydrogen) atoms. The number of carboxylic acids is 1. The second-order valence-corrected chi connectivity index (χ2v) is 5.74. The van der Waals surface area contributed by atoms with Gasteiger partial charge in [-0.2, -0.15) is 0 Å². The molecule has 0 saturated carbocycles. The van der Waals surface area contributed by atoms with Gasteiger partial charge in [0.25, 0.3) is 0 Å². The topological polar surface area (TPSA) is 129 Å². The van der Waals surface area contributed by atoms with E-state index in [9.17, 15) is 19.8 Å². The first-order valence-corrected chi connectivity index (χ1v) is 6.76. The number of rotatable bonds is 6. The normalized spacial score (nSPS) is 14.2. The fourth-order valence-corrected chi connectivity index (χ4v) is 1.61. The predicted molar refractivity (Wildman–Crippen MR) is 75.5 cm³/mol. The molecule has 0 aliphatic carbocycles. The standard InChI is InChI=1S/C14H21NO7/c1-14(2,3)22-13(20)15-7-6-8(16)11(17)9-4-5-10(21-9)12(18)19/h4-5,8,11,16-17H,6-7H2,1-3H3,(H,15,20)(H,18,19). The minimum absolute atomic E-state index is 0.0452. The molecule has 8 nitrogen and oxygen atoms in total. The monoisotopic (exact) mass is 315 g/mol. The SMILES string of the molecule is CC(C)(C)OC(=O)NCCC(O)C(O)c1ccc(C(=O)O)o1. The Balaban J connectivity index is 2.42. The average molecular weight is 315 g/mol. The Morgan fingerprint density at radius 2 is 1.95 bits per heavy atom. The first-order chi connectivity index (χ1) is 10.1. The minimum Gasteiger partial charge on any atom is -0.475 e. The maximum absolute atomic E-state index is 11.4. The molecule has 0 radical (unpaired) electrons. The molecule has 0 fully saturated rings. The van der Waals surface area contributed by atoms with E-state index in [-0.39, 0.29) is 24.5 Å². The summed E-state index contributed by atoms with van der Waals surface area (Å²) in [7, 11) is 0. The predicted octanol–water partition coefficient (Wildman–Crippen LogP) is 1.29. The number of amides is 1. The summed E-state index contributed by atoms with van der Waals surface area (Å²) in [6, 6.07) is 2.46. The number of ether oxygens (including phenoxy) is 1. The molecule has 0 aliphatic heterocycles. The van der Waals surface area contributed by atoms with Crippen molar-refractivity contribution in [3.05, 3.63) is 23.7 Å². The van der Waals surface area contributed by atoms with Gasteiger partial charge in [0.2, 0.25) is 5.76 Å². The van der Waals surface area contributed by atoms with E-state index in [0.29, 0.717) is 0 Å². The molecule has 1 heterocycles. The first-order valence-electron chi connectivity index (χ1n) is 6.76. The summed E-state index contributed by atoms with van der Waals surface area (Å²) in [6.45, 7) is 5.26. The van der Waals surface area contributed by atoms with Gasteiger partial charge in [-0.05, 0) is 39.3 Å². The molecule has 1 aromatic rings. The quantitative estimate of drug-likeness (QED) is 0.622. The highest BCUT2D eigenvalue weighted by atomic mass is 16.6. The Bertz CT molecular complexity index is 518. The highest BCUT2D eigenvalue weighted by Gasteiger charge is 2.23. The number of carbonyl (C=O) groups is 2. The van der Waals surface area contributed by atoms with Gasteiger partial charge in [0.05, 0.1) is 6.10 Å². The summed E-state index contributed by atoms with van der Waals surface area (Å²) in [4.78, 5) is 22.1. The second-order valence-electron chi connectivity index (χ2n) is 5.74. The highest BCUT2D eigenvalue weighted by molar-refractivity contribution is 5.84. The highest BCUT2D eigenvalue weighted by Crippen LogP contribution is 2.21. The van der Waals surface area contributed by atoms with Crippen LogP contribution in [0.3, 0.4) is 0 Å². The largest absolute Gasteiger partial charge is 0.475 e. The van der Waals surface area contributed by atoms with Crippen LogP contribution < -0.4 is 5.32 Å². The number of nitrogens with one attached hydrogen (secondary N) is 1. The smallest absolute Gasteiger partial charge is 0.407 e. The lowest BCUT2D eigenvalue weighted by molar-refractivity contribution is -0.000471. The molecular weight excluding hydrogens is 294 g/mol. The zero-order chi connectivity index (χ0) is 16.9. The Labute approximate surface area is 127 Å². The van der Waals surface area contributed by atoms with Crippen LogP contribution in [0.4, 0.5) is 4.79 Å². The zero-order valence-corrected chi connectivity index (χ0v) is 12.7. The van der Waals surface area contributed by atoms with E-state index >= 15 is 0 Å². The third-order valence-corrected chi connectivity index (χ3v) is 2.60. The van der Waals surface area contributed by atoms with Gasteiger partial charge in [-0.15, -0.1) is 0 Å². The van der Waals surface area contributed by atoms with E-state index in [1.807, 2.05) is 0 Å². The van der Waals surface area contributed by atoms with E-state index in [1.54, 1.807) is 20.8 Å². The number of aliphatic hydroxyl groups excluding tert-OH is 2. The van der Waals surface area contributed by atoms with Crippen molar-refractivity contribution < 1.29 is 34.1 Å². The van der Waals surface area contributed by atoms with E-state index in [2.05, 4.69) is 5.32 Å². The summed E-state index contributed by atoms with van der Waals surface area (Å²) < 4.78 is 9.92. The molecule has 1 rings (SSSR count). The molecule has 0 bridgehead atoms. The third-order valence-electron chi connectivity index (χ3n) is 2.60. The van der Waals surface area contributed by atoms with Crippen molar-refractivity contribution in [2.75, 3.05) is 6.54 Å². The van der Waals surface area contributed by atoms with Gasteiger partial charge < -0.3 is 29.8 Å². The number of carbonyl (C=O) groups excluding carboxylic acids is 1. The van der Waals surface area contributed by atoms with Gasteiger partial charge in [-0.1, -0.05) is 0 Å². The molecule has 4 N–H and O–H groups in total. The van der Waals surface area contributed by atoms with Crippen LogP contribution in [0.25, 0.3) is 0 Å². The molecule has 1 amide bonds. The van der Waals surface area contributed by atoms with Gasteiger partial charge in [-0.3, -0.25) is 0 Å². The van der Waals surface area contributed by atoms with Crippen LogP contribution in [-0.2, 0) is 4.74 Å². The zero-order valence-electron chi connectivity index (χ0n) is 12.7. The molecule has 1 aromatic heterocycles. The van der Waals surface area contributed by atoms with E-state index < -0.39 is 29.9 Å². The lowest BCUT2D eigenvalue weighted by Gasteiger charge is -2.20. The van der Waals surface area contributed by atoms with Crippen LogP contribution in [0.15, 0.2) is 16.5 Å². The number of hydrogen-bond acceptors (Lipinski definition) is 6. The summed E-state index contributed by atoms with van der Waals surface area (Å²) in [5.74, 6) is -1.64. The molecule has 124 valence electrons. The summed E-state index contributed by atoms with van der Waals surface area (Å²) in [6.07, 6.45) is -3.18. The van der Waals surface area contributed by atoms with Crippen molar-refractivity contribution in [3.8, 4) is 0 Å². The molecule has 0 aliphatic rings. The lowest BCUT2D eigenvalue weighted by atomic mass is 10.1. The average Bonchev–Trinajstić information content (AvgIpc) is 2.85. The Kier molecular flexibility index (Phi) is 5.95. The first kappa shape index (κ1) is 18.0. The number of hydrogen-bond donors (Lipinski definition) is 4. The summed E-state index contributed by atoms with van der Waals surface area (Å²) >= 11 is 0. The van der Waals surface area contributed by atoms with Crippen LogP contribution in [0.1, 0.15) is 49.6 Å². The molecule has 2 atom stereocenters. The minimum atomic E-state index is -1.38. The maximum Gasteiger partial charge on any atom is 0.407 e. The van der Waals surface area contributed by atoms with E-state index in [0.717, 1.165) is 0 Å². The van der Waals surface area contributed by atoms with Crippen molar-refractivity contribution in [1.29, 1.82) is 0 Å². The third kappa shape index (κ3) is 5.74. The number of carboxylic acid groups (broad SMARTS) is 1. The van der Waals surface area contributed by atoms with Crippen LogP contribution in [0.2, 0.25) is 0 Å². The number of aromatic carboxylic acids is 1. The van der Waals surface area contributed by atoms with Gasteiger partial charge in [0.1, 0.15) is 17.5 Å². The van der Waals surface area contributed by atoms with Crippen LogP contribution in [-0.4, -0.2) is 45.6 Å². The van der Waals surface area contributed by atoms with E-state index in [4.69, 9.17) is 14.3 Å². The Hall–Kier alpha value is -2.06. The fourth-order valence-electron chi connectivity index (χ4n) is 1.61. The van der Waals surface area contributed by atoms with Crippen molar-refractivity contribution in [3.63, 3.8) is 0 Å². The van der Waals surface area contributed by atoms with Gasteiger partial charge in [0, 0.05) is 6.54 Å². The number of aliphatic hydroxyl groups is 2. The second kappa shape index (κ2) is 7.28. The lowest BCUT2D eigenvalue weighted by Crippen LogP contribution is -2.34. The van der Waals surface area contributed by atoms with Gasteiger partial charge >= 0.3 is 12.1 Å². The Morgan fingerprint density at radius 3 is 2.45 bits per heavy atom. The molecule has 2 unspecified atom stereocenters. The van der Waals surface area contributed by atoms with Crippen molar-refractivity contribution in [2.45, 2.75) is 45.0 Å². The summed E-state index contributed by atoms with van der Waals surface area (Å²) in [5, 5.41) is 30.8. The molecule has 0 spiro atoms. The molecule has 0 aromatic carbocycles. The molecule has 0 saturated heterocycles. The van der Waals surface area contributed by atoms with Crippen LogP contribution >= 0.6 is 0 Å². The van der Waals surface area contributed by atoms with Gasteiger partial charge in [0.15, 0.2) is 0 Å².